The fourth-order valence-electron chi connectivity index (χ4n) is 1.37. The lowest BCUT2D eigenvalue weighted by Gasteiger charge is -2.01. The van der Waals surface area contributed by atoms with Crippen molar-refractivity contribution in [2.75, 3.05) is 12.4 Å². The SMILES string of the molecule is COC(=O)C(=O)Nc1nnc(Sc2c(Cl)cccc2[N+](=O)[O-])s1. The van der Waals surface area contributed by atoms with Crippen LogP contribution in [0.3, 0.4) is 0 Å². The number of hydrogen-bond donors (Lipinski definition) is 1. The Morgan fingerprint density at radius 2 is 2.17 bits per heavy atom. The fourth-order valence-corrected chi connectivity index (χ4v) is 3.45. The highest BCUT2D eigenvalue weighted by atomic mass is 35.5. The van der Waals surface area contributed by atoms with Gasteiger partial charge >= 0.3 is 11.9 Å². The number of aromatic nitrogens is 2. The van der Waals surface area contributed by atoms with Gasteiger partial charge in [0.2, 0.25) is 5.13 Å². The van der Waals surface area contributed by atoms with E-state index in [2.05, 4.69) is 20.3 Å². The number of carbonyl (C=O) groups is 2. The van der Waals surface area contributed by atoms with E-state index in [1.54, 1.807) is 0 Å². The van der Waals surface area contributed by atoms with Crippen LogP contribution >= 0.6 is 34.7 Å². The van der Waals surface area contributed by atoms with Crippen molar-refractivity contribution in [3.8, 4) is 0 Å². The third-order valence-electron chi connectivity index (χ3n) is 2.33. The molecule has 0 aliphatic carbocycles. The number of hydrogen-bond acceptors (Lipinski definition) is 9. The number of carbonyl (C=O) groups excluding carboxylic acids is 2. The van der Waals surface area contributed by atoms with E-state index in [-0.39, 0.29) is 20.7 Å². The maximum Gasteiger partial charge on any atom is 0.396 e. The molecular formula is C11H7ClN4O5S2. The maximum atomic E-state index is 11.3. The average Bonchev–Trinajstić information content (AvgIpc) is 2.95. The van der Waals surface area contributed by atoms with Gasteiger partial charge in [0.1, 0.15) is 4.90 Å². The monoisotopic (exact) mass is 374 g/mol. The first-order valence-corrected chi connectivity index (χ1v) is 7.77. The van der Waals surface area contributed by atoms with Gasteiger partial charge in [0, 0.05) is 6.07 Å². The molecule has 120 valence electrons. The molecule has 0 unspecified atom stereocenters. The van der Waals surface area contributed by atoms with E-state index in [9.17, 15) is 19.7 Å². The Hall–Kier alpha value is -2.24. The number of rotatable bonds is 4. The van der Waals surface area contributed by atoms with Crippen LogP contribution in [-0.4, -0.2) is 34.1 Å². The first kappa shape index (κ1) is 17.1. The van der Waals surface area contributed by atoms with Gasteiger partial charge in [-0.2, -0.15) is 0 Å². The summed E-state index contributed by atoms with van der Waals surface area (Å²) < 4.78 is 4.56. The number of esters is 1. The van der Waals surface area contributed by atoms with Gasteiger partial charge in [-0.1, -0.05) is 29.0 Å². The number of methoxy groups -OCH3 is 1. The van der Waals surface area contributed by atoms with Crippen molar-refractivity contribution < 1.29 is 19.2 Å². The van der Waals surface area contributed by atoms with Crippen LogP contribution in [0.5, 0.6) is 0 Å². The first-order chi connectivity index (χ1) is 10.9. The quantitative estimate of drug-likeness (QED) is 0.284. The summed E-state index contributed by atoms with van der Waals surface area (Å²) >= 11 is 7.84. The molecule has 0 spiro atoms. The molecule has 0 saturated carbocycles. The van der Waals surface area contributed by atoms with Gasteiger partial charge in [0.05, 0.1) is 17.1 Å². The molecule has 0 aliphatic rings. The summed E-state index contributed by atoms with van der Waals surface area (Å²) in [6.45, 7) is 0. The second-order valence-corrected chi connectivity index (χ2v) is 6.41. The lowest BCUT2D eigenvalue weighted by molar-refractivity contribution is -0.387. The van der Waals surface area contributed by atoms with Gasteiger partial charge in [-0.05, 0) is 17.8 Å². The third-order valence-corrected chi connectivity index (χ3v) is 4.78. The number of anilines is 1. The van der Waals surface area contributed by atoms with E-state index in [0.29, 0.717) is 4.34 Å². The Balaban J connectivity index is 2.19. The molecule has 1 N–H and O–H groups in total. The summed E-state index contributed by atoms with van der Waals surface area (Å²) in [5.41, 5.74) is -0.169. The number of nitrogens with one attached hydrogen (secondary N) is 1. The molecule has 23 heavy (non-hydrogen) atoms. The van der Waals surface area contributed by atoms with Crippen LogP contribution in [0.4, 0.5) is 10.8 Å². The lowest BCUT2D eigenvalue weighted by Crippen LogP contribution is -2.23. The lowest BCUT2D eigenvalue weighted by atomic mass is 10.3. The summed E-state index contributed by atoms with van der Waals surface area (Å²) in [6.07, 6.45) is 0. The molecule has 2 rings (SSSR count). The fraction of sp³-hybridized carbons (Fsp3) is 0.0909. The molecule has 1 heterocycles. The number of nitro benzene ring substituents is 1. The predicted octanol–water partition coefficient (Wildman–Crippen LogP) is 2.36. The zero-order valence-corrected chi connectivity index (χ0v) is 13.7. The molecule has 2 aromatic rings. The van der Waals surface area contributed by atoms with E-state index in [4.69, 9.17) is 11.6 Å². The highest BCUT2D eigenvalue weighted by molar-refractivity contribution is 8.01. The van der Waals surface area contributed by atoms with Crippen molar-refractivity contribution in [1.29, 1.82) is 0 Å². The zero-order valence-electron chi connectivity index (χ0n) is 11.3. The molecular weight excluding hydrogens is 368 g/mol. The largest absolute Gasteiger partial charge is 0.462 e. The van der Waals surface area contributed by atoms with E-state index in [0.717, 1.165) is 30.2 Å². The minimum absolute atomic E-state index is 0.0533. The third kappa shape index (κ3) is 4.15. The number of ether oxygens (including phenoxy) is 1. The molecule has 1 aromatic carbocycles. The number of nitro groups is 1. The summed E-state index contributed by atoms with van der Waals surface area (Å²) in [6, 6.07) is 4.29. The van der Waals surface area contributed by atoms with E-state index in [1.807, 2.05) is 0 Å². The minimum atomic E-state index is -1.07. The Labute approximate surface area is 142 Å². The van der Waals surface area contributed by atoms with Crippen LogP contribution in [0.2, 0.25) is 5.02 Å². The van der Waals surface area contributed by atoms with Crippen LogP contribution < -0.4 is 5.32 Å². The predicted molar refractivity (Wildman–Crippen MR) is 82.8 cm³/mol. The molecule has 0 saturated heterocycles. The Morgan fingerprint density at radius 1 is 1.43 bits per heavy atom. The van der Waals surface area contributed by atoms with Gasteiger partial charge in [0.15, 0.2) is 4.34 Å². The van der Waals surface area contributed by atoms with Crippen molar-refractivity contribution in [2.45, 2.75) is 9.24 Å². The van der Waals surface area contributed by atoms with Crippen molar-refractivity contribution >= 4 is 57.4 Å². The number of nitrogens with zero attached hydrogens (tertiary/aromatic N) is 3. The summed E-state index contributed by atoms with van der Waals surface area (Å²) in [5, 5.41) is 20.9. The van der Waals surface area contributed by atoms with Crippen molar-refractivity contribution in [3.05, 3.63) is 33.3 Å². The molecule has 1 amide bonds. The standard InChI is InChI=1S/C11H7ClN4O5S2/c1-21-9(18)8(17)13-10-14-15-11(23-10)22-7-5(12)3-2-4-6(7)16(19)20/h2-4H,1H3,(H,13,14,17). The first-order valence-electron chi connectivity index (χ1n) is 5.76. The summed E-state index contributed by atoms with van der Waals surface area (Å²) in [7, 11) is 1.07. The van der Waals surface area contributed by atoms with E-state index >= 15 is 0 Å². The molecule has 1 aromatic heterocycles. The van der Waals surface area contributed by atoms with Gasteiger partial charge in [-0.3, -0.25) is 20.2 Å². The molecule has 0 atom stereocenters. The molecule has 9 nitrogen and oxygen atoms in total. The minimum Gasteiger partial charge on any atom is -0.462 e. The number of benzene rings is 1. The Morgan fingerprint density at radius 3 is 2.83 bits per heavy atom. The van der Waals surface area contributed by atoms with Crippen molar-refractivity contribution in [1.82, 2.24) is 10.2 Å². The topological polar surface area (TPSA) is 124 Å². The second-order valence-electron chi connectivity index (χ2n) is 3.77. The van der Waals surface area contributed by atoms with Gasteiger partial charge in [0.25, 0.3) is 5.69 Å². The van der Waals surface area contributed by atoms with Crippen molar-refractivity contribution in [2.24, 2.45) is 0 Å². The van der Waals surface area contributed by atoms with Crippen LogP contribution in [0.25, 0.3) is 0 Å². The van der Waals surface area contributed by atoms with E-state index in [1.165, 1.54) is 18.2 Å². The number of halogens is 1. The molecule has 0 bridgehead atoms. The highest BCUT2D eigenvalue weighted by Crippen LogP contribution is 2.41. The number of amides is 1. The van der Waals surface area contributed by atoms with Gasteiger partial charge < -0.3 is 4.74 Å². The van der Waals surface area contributed by atoms with Crippen molar-refractivity contribution in [3.63, 3.8) is 0 Å². The average molecular weight is 375 g/mol. The van der Waals surface area contributed by atoms with Crippen LogP contribution in [-0.2, 0) is 14.3 Å². The summed E-state index contributed by atoms with van der Waals surface area (Å²) in [4.78, 5) is 33.0. The van der Waals surface area contributed by atoms with E-state index < -0.39 is 16.8 Å². The molecule has 0 fully saturated rings. The second kappa shape index (κ2) is 7.35. The van der Waals surface area contributed by atoms with Crippen LogP contribution in [0, 0.1) is 10.1 Å². The zero-order chi connectivity index (χ0) is 17.0. The highest BCUT2D eigenvalue weighted by Gasteiger charge is 2.21. The normalized spacial score (nSPS) is 10.2. The molecule has 0 aliphatic heterocycles. The Kier molecular flexibility index (Phi) is 5.47. The van der Waals surface area contributed by atoms with Crippen LogP contribution in [0.1, 0.15) is 0 Å². The smallest absolute Gasteiger partial charge is 0.396 e. The van der Waals surface area contributed by atoms with Gasteiger partial charge in [-0.15, -0.1) is 10.2 Å². The summed E-state index contributed by atoms with van der Waals surface area (Å²) in [5.74, 6) is -2.07. The molecule has 0 radical (unpaired) electrons. The maximum absolute atomic E-state index is 11.3. The molecule has 12 heteroatoms. The Bertz CT molecular complexity index is 782. The van der Waals surface area contributed by atoms with Crippen LogP contribution in [0.15, 0.2) is 27.4 Å². The van der Waals surface area contributed by atoms with Gasteiger partial charge in [-0.25, -0.2) is 4.79 Å².